The van der Waals surface area contributed by atoms with Gasteiger partial charge in [0, 0.05) is 11.8 Å². The van der Waals surface area contributed by atoms with Gasteiger partial charge in [0.15, 0.2) is 0 Å². The molecule has 0 aliphatic carbocycles. The first-order valence-corrected chi connectivity index (χ1v) is 7.89. The molecule has 0 fully saturated rings. The normalized spacial score (nSPS) is 10.8. The monoisotopic (exact) mass is 313 g/mol. The van der Waals surface area contributed by atoms with Gasteiger partial charge in [-0.05, 0) is 41.3 Å². The summed E-state index contributed by atoms with van der Waals surface area (Å²) in [6.07, 6.45) is 4.11. The van der Waals surface area contributed by atoms with Gasteiger partial charge in [0.1, 0.15) is 5.75 Å². The summed E-state index contributed by atoms with van der Waals surface area (Å²) in [6, 6.07) is 23.9. The zero-order valence-corrected chi connectivity index (χ0v) is 13.4. The van der Waals surface area contributed by atoms with Crippen LogP contribution in [0, 0.1) is 0 Å². The second-order valence-electron chi connectivity index (χ2n) is 5.52. The lowest BCUT2D eigenvalue weighted by molar-refractivity contribution is 0.469. The molecule has 24 heavy (non-hydrogen) atoms. The average molecular weight is 313 g/mol. The molecule has 0 aromatic heterocycles. The third-order valence-electron chi connectivity index (χ3n) is 3.84. The zero-order valence-electron chi connectivity index (χ0n) is 13.4. The lowest BCUT2D eigenvalue weighted by Gasteiger charge is -2.05. The van der Waals surface area contributed by atoms with Gasteiger partial charge in [-0.25, -0.2) is 0 Å². The van der Waals surface area contributed by atoms with E-state index in [1.807, 2.05) is 48.5 Å². The summed E-state index contributed by atoms with van der Waals surface area (Å²) < 4.78 is 0. The highest BCUT2D eigenvalue weighted by atomic mass is 16.3. The number of rotatable bonds is 5. The van der Waals surface area contributed by atoms with Crippen LogP contribution in [0.15, 0.2) is 90.4 Å². The third kappa shape index (κ3) is 3.61. The van der Waals surface area contributed by atoms with Gasteiger partial charge >= 0.3 is 0 Å². The number of hydrogen-bond donors (Lipinski definition) is 1. The van der Waals surface area contributed by atoms with Crippen molar-refractivity contribution in [3.8, 4) is 16.9 Å². The Morgan fingerprint density at radius 2 is 1.54 bits per heavy atom. The van der Waals surface area contributed by atoms with E-state index < -0.39 is 0 Å². The fourth-order valence-electron chi connectivity index (χ4n) is 2.55. The average Bonchev–Trinajstić information content (AvgIpc) is 2.64. The first-order chi connectivity index (χ1) is 11.8. The summed E-state index contributed by atoms with van der Waals surface area (Å²) in [5, 5.41) is 10.3. The molecule has 0 heterocycles. The second kappa shape index (κ2) is 7.42. The fraction of sp³-hybridized carbons (Fsp3) is 0.0455. The first kappa shape index (κ1) is 15.8. The summed E-state index contributed by atoms with van der Waals surface area (Å²) in [4.78, 5) is 4.46. The van der Waals surface area contributed by atoms with E-state index in [1.165, 1.54) is 5.56 Å². The molecule has 0 aliphatic heterocycles. The first-order valence-electron chi connectivity index (χ1n) is 7.89. The predicted molar refractivity (Wildman–Crippen MR) is 101 cm³/mol. The smallest absolute Gasteiger partial charge is 0.127 e. The molecule has 3 aromatic rings. The Hall–Kier alpha value is -3.13. The van der Waals surface area contributed by atoms with Crippen LogP contribution in [0.25, 0.3) is 11.1 Å². The SMILES string of the molecule is C=CCc1cccc(C=Nc2ccc(-c3ccccc3)cc2)c1O. The van der Waals surface area contributed by atoms with E-state index in [0.29, 0.717) is 12.0 Å². The number of phenols is 1. The number of para-hydroxylation sites is 1. The number of aromatic hydroxyl groups is 1. The maximum Gasteiger partial charge on any atom is 0.127 e. The van der Waals surface area contributed by atoms with Gasteiger partial charge in [0.25, 0.3) is 0 Å². The molecule has 0 amide bonds. The molecular formula is C22H19NO. The molecule has 1 N–H and O–H groups in total. The molecule has 0 unspecified atom stereocenters. The maximum atomic E-state index is 10.3. The van der Waals surface area contributed by atoms with Gasteiger partial charge in [-0.3, -0.25) is 4.99 Å². The van der Waals surface area contributed by atoms with E-state index in [2.05, 4.69) is 35.8 Å². The van der Waals surface area contributed by atoms with Gasteiger partial charge in [0.05, 0.1) is 5.69 Å². The van der Waals surface area contributed by atoms with Crippen molar-refractivity contribution in [2.45, 2.75) is 6.42 Å². The predicted octanol–water partition coefficient (Wildman–Crippen LogP) is 5.54. The number of nitrogens with zero attached hydrogens (tertiary/aromatic N) is 1. The second-order valence-corrected chi connectivity index (χ2v) is 5.52. The van der Waals surface area contributed by atoms with E-state index >= 15 is 0 Å². The maximum absolute atomic E-state index is 10.3. The Labute approximate surface area is 142 Å². The molecule has 0 radical (unpaired) electrons. The van der Waals surface area contributed by atoms with Crippen molar-refractivity contribution >= 4 is 11.9 Å². The van der Waals surface area contributed by atoms with E-state index in [1.54, 1.807) is 12.3 Å². The van der Waals surface area contributed by atoms with Crippen molar-refractivity contribution in [2.24, 2.45) is 4.99 Å². The summed E-state index contributed by atoms with van der Waals surface area (Å²) in [5.41, 5.74) is 4.76. The van der Waals surface area contributed by atoms with Crippen molar-refractivity contribution in [3.05, 3.63) is 96.6 Å². The van der Waals surface area contributed by atoms with Crippen LogP contribution in [0.2, 0.25) is 0 Å². The van der Waals surface area contributed by atoms with Crippen LogP contribution in [-0.2, 0) is 6.42 Å². The van der Waals surface area contributed by atoms with Crippen molar-refractivity contribution < 1.29 is 5.11 Å². The minimum absolute atomic E-state index is 0.266. The van der Waals surface area contributed by atoms with Gasteiger partial charge in [0.2, 0.25) is 0 Å². The Morgan fingerprint density at radius 3 is 2.25 bits per heavy atom. The largest absolute Gasteiger partial charge is 0.507 e. The van der Waals surface area contributed by atoms with Crippen LogP contribution < -0.4 is 0 Å². The number of hydrogen-bond acceptors (Lipinski definition) is 2. The van der Waals surface area contributed by atoms with E-state index in [4.69, 9.17) is 0 Å². The number of aliphatic imine (C=N–C) groups is 1. The van der Waals surface area contributed by atoms with Gasteiger partial charge in [-0.2, -0.15) is 0 Å². The lowest BCUT2D eigenvalue weighted by Crippen LogP contribution is -1.88. The Kier molecular flexibility index (Phi) is 4.87. The van der Waals surface area contributed by atoms with E-state index in [-0.39, 0.29) is 5.75 Å². The molecular weight excluding hydrogens is 294 g/mol. The van der Waals surface area contributed by atoms with Crippen molar-refractivity contribution in [1.82, 2.24) is 0 Å². The van der Waals surface area contributed by atoms with Crippen molar-refractivity contribution in [2.75, 3.05) is 0 Å². The van der Waals surface area contributed by atoms with Gasteiger partial charge in [-0.15, -0.1) is 6.58 Å². The topological polar surface area (TPSA) is 32.6 Å². The minimum Gasteiger partial charge on any atom is -0.507 e. The van der Waals surface area contributed by atoms with Crippen LogP contribution in [0.5, 0.6) is 5.75 Å². The van der Waals surface area contributed by atoms with Crippen molar-refractivity contribution in [1.29, 1.82) is 0 Å². The van der Waals surface area contributed by atoms with Gasteiger partial charge in [-0.1, -0.05) is 60.7 Å². The summed E-state index contributed by atoms with van der Waals surface area (Å²) in [5.74, 6) is 0.266. The number of allylic oxidation sites excluding steroid dienone is 1. The van der Waals surface area contributed by atoms with Crippen LogP contribution in [0.4, 0.5) is 5.69 Å². The highest BCUT2D eigenvalue weighted by molar-refractivity contribution is 5.86. The highest BCUT2D eigenvalue weighted by Gasteiger charge is 2.03. The quantitative estimate of drug-likeness (QED) is 0.487. The molecule has 2 heteroatoms. The Morgan fingerprint density at radius 1 is 0.833 bits per heavy atom. The van der Waals surface area contributed by atoms with E-state index in [9.17, 15) is 5.11 Å². The fourth-order valence-corrected chi connectivity index (χ4v) is 2.55. The minimum atomic E-state index is 0.266. The molecule has 0 spiro atoms. The summed E-state index contributed by atoms with van der Waals surface area (Å²) in [6.45, 7) is 3.71. The molecule has 0 atom stereocenters. The molecule has 3 rings (SSSR count). The van der Waals surface area contributed by atoms with E-state index in [0.717, 1.165) is 16.8 Å². The molecule has 0 aliphatic rings. The summed E-state index contributed by atoms with van der Waals surface area (Å²) in [7, 11) is 0. The van der Waals surface area contributed by atoms with Gasteiger partial charge < -0.3 is 5.11 Å². The Bertz CT molecular complexity index is 849. The van der Waals surface area contributed by atoms with Crippen LogP contribution in [-0.4, -0.2) is 11.3 Å². The summed E-state index contributed by atoms with van der Waals surface area (Å²) >= 11 is 0. The van der Waals surface area contributed by atoms with Crippen LogP contribution in [0.1, 0.15) is 11.1 Å². The zero-order chi connectivity index (χ0) is 16.8. The highest BCUT2D eigenvalue weighted by Crippen LogP contribution is 2.24. The van der Waals surface area contributed by atoms with Crippen molar-refractivity contribution in [3.63, 3.8) is 0 Å². The number of phenolic OH excluding ortho intramolecular Hbond substituents is 1. The molecule has 2 nitrogen and oxygen atoms in total. The molecule has 118 valence electrons. The lowest BCUT2D eigenvalue weighted by atomic mass is 10.1. The molecule has 0 saturated carbocycles. The van der Waals surface area contributed by atoms with Crippen LogP contribution in [0.3, 0.4) is 0 Å². The molecule has 3 aromatic carbocycles. The number of benzene rings is 3. The standard InChI is InChI=1S/C22H19NO/c1-2-7-19-10-6-11-20(22(19)24)16-23-21-14-12-18(13-15-21)17-8-4-3-5-9-17/h2-6,8-16,24H,1,7H2. The molecule has 0 bridgehead atoms. The Balaban J connectivity index is 1.80. The van der Waals surface area contributed by atoms with Crippen LogP contribution >= 0.6 is 0 Å². The third-order valence-corrected chi connectivity index (χ3v) is 3.84. The molecule has 0 saturated heterocycles.